The van der Waals surface area contributed by atoms with Crippen molar-refractivity contribution >= 4 is 33.6 Å². The van der Waals surface area contributed by atoms with Crippen LogP contribution in [0.15, 0.2) is 37.3 Å². The topological polar surface area (TPSA) is 82.4 Å². The molecule has 0 radical (unpaired) electrons. The number of aliphatic imine (C=N–C) groups is 1. The number of aryl methyl sites for hydroxylation is 1. The van der Waals surface area contributed by atoms with Gasteiger partial charge in [0.15, 0.2) is 0 Å². The fourth-order valence-corrected chi connectivity index (χ4v) is 2.45. The number of aromatic nitrogens is 2. The van der Waals surface area contributed by atoms with Gasteiger partial charge < -0.3 is 5.73 Å². The van der Waals surface area contributed by atoms with Crippen LogP contribution in [0.25, 0.3) is 0 Å². The Morgan fingerprint density at radius 1 is 1.24 bits per heavy atom. The highest BCUT2D eigenvalue weighted by Crippen LogP contribution is 2.26. The number of nitrogens with two attached hydrogens (primary N) is 1. The number of benzene rings is 1. The van der Waals surface area contributed by atoms with Gasteiger partial charge in [0.05, 0.1) is 11.3 Å². The lowest BCUT2D eigenvalue weighted by Gasteiger charge is -2.08. The van der Waals surface area contributed by atoms with E-state index in [1.165, 1.54) is 24.9 Å². The SMILES string of the molecule is Cc1ccc(N=Cc2c(N)n(C)c(=O)n(C)c2=O)c(Br)c1. The smallest absolute Gasteiger partial charge is 0.332 e. The van der Waals surface area contributed by atoms with Gasteiger partial charge in [-0.1, -0.05) is 6.07 Å². The highest BCUT2D eigenvalue weighted by atomic mass is 79.9. The van der Waals surface area contributed by atoms with Crippen molar-refractivity contribution in [1.29, 1.82) is 0 Å². The van der Waals surface area contributed by atoms with Gasteiger partial charge in [0, 0.05) is 24.8 Å². The van der Waals surface area contributed by atoms with Crippen molar-refractivity contribution in [1.82, 2.24) is 9.13 Å². The Bertz CT molecular complexity index is 849. The molecule has 0 bridgehead atoms. The third-order valence-electron chi connectivity index (χ3n) is 3.18. The van der Waals surface area contributed by atoms with E-state index in [0.29, 0.717) is 5.69 Å². The summed E-state index contributed by atoms with van der Waals surface area (Å²) < 4.78 is 3.04. The van der Waals surface area contributed by atoms with Gasteiger partial charge in [-0.25, -0.2) is 4.79 Å². The maximum atomic E-state index is 12.1. The van der Waals surface area contributed by atoms with Gasteiger partial charge >= 0.3 is 5.69 Å². The maximum Gasteiger partial charge on any atom is 0.332 e. The Morgan fingerprint density at radius 2 is 1.90 bits per heavy atom. The van der Waals surface area contributed by atoms with E-state index in [1.807, 2.05) is 25.1 Å². The van der Waals surface area contributed by atoms with Gasteiger partial charge in [-0.2, -0.15) is 0 Å². The standard InChI is InChI=1S/C14H15BrN4O2/c1-8-4-5-11(10(15)6-8)17-7-9-12(16)18(2)14(21)19(3)13(9)20/h4-7H,16H2,1-3H3. The molecule has 6 nitrogen and oxygen atoms in total. The van der Waals surface area contributed by atoms with Crippen LogP contribution < -0.4 is 17.0 Å². The quantitative estimate of drug-likeness (QED) is 0.833. The number of hydrogen-bond acceptors (Lipinski definition) is 4. The van der Waals surface area contributed by atoms with E-state index in [1.54, 1.807) is 0 Å². The normalized spacial score (nSPS) is 11.2. The molecule has 0 aliphatic heterocycles. The Labute approximate surface area is 129 Å². The first-order valence-corrected chi connectivity index (χ1v) is 6.98. The van der Waals surface area contributed by atoms with Crippen LogP contribution in [0.5, 0.6) is 0 Å². The summed E-state index contributed by atoms with van der Waals surface area (Å²) in [6.45, 7) is 1.97. The first-order valence-electron chi connectivity index (χ1n) is 6.18. The molecule has 2 aromatic rings. The largest absolute Gasteiger partial charge is 0.384 e. The van der Waals surface area contributed by atoms with E-state index < -0.39 is 11.2 Å². The number of rotatable bonds is 2. The third kappa shape index (κ3) is 2.82. The Morgan fingerprint density at radius 3 is 2.52 bits per heavy atom. The van der Waals surface area contributed by atoms with E-state index in [9.17, 15) is 9.59 Å². The van der Waals surface area contributed by atoms with Gasteiger partial charge in [0.25, 0.3) is 5.56 Å². The van der Waals surface area contributed by atoms with Crippen LogP contribution >= 0.6 is 15.9 Å². The van der Waals surface area contributed by atoms with Crippen LogP contribution in [-0.4, -0.2) is 15.3 Å². The van der Waals surface area contributed by atoms with Crippen LogP contribution in [0, 0.1) is 6.92 Å². The zero-order valence-corrected chi connectivity index (χ0v) is 13.5. The molecule has 0 unspecified atom stereocenters. The van der Waals surface area contributed by atoms with E-state index >= 15 is 0 Å². The second kappa shape index (κ2) is 5.69. The molecule has 0 atom stereocenters. The van der Waals surface area contributed by atoms with Crippen molar-refractivity contribution in [3.63, 3.8) is 0 Å². The summed E-state index contributed by atoms with van der Waals surface area (Å²) in [4.78, 5) is 28.1. The van der Waals surface area contributed by atoms with Crippen LogP contribution in [-0.2, 0) is 14.1 Å². The molecule has 0 aliphatic rings. The minimum absolute atomic E-state index is 0.0927. The van der Waals surface area contributed by atoms with E-state index in [2.05, 4.69) is 20.9 Å². The summed E-state index contributed by atoms with van der Waals surface area (Å²) >= 11 is 3.41. The molecule has 0 aliphatic carbocycles. The molecule has 0 fully saturated rings. The van der Waals surface area contributed by atoms with Crippen molar-refractivity contribution in [3.05, 3.63) is 54.6 Å². The molecule has 1 aromatic carbocycles. The average Bonchev–Trinajstić information content (AvgIpc) is 2.45. The van der Waals surface area contributed by atoms with E-state index in [-0.39, 0.29) is 11.4 Å². The molecule has 1 aromatic heterocycles. The molecule has 110 valence electrons. The number of hydrogen-bond donors (Lipinski definition) is 1. The highest BCUT2D eigenvalue weighted by molar-refractivity contribution is 9.10. The van der Waals surface area contributed by atoms with Crippen molar-refractivity contribution in [2.75, 3.05) is 5.73 Å². The highest BCUT2D eigenvalue weighted by Gasteiger charge is 2.11. The lowest BCUT2D eigenvalue weighted by molar-refractivity contribution is 0.692. The van der Waals surface area contributed by atoms with E-state index in [4.69, 9.17) is 5.73 Å². The van der Waals surface area contributed by atoms with Crippen molar-refractivity contribution in [2.45, 2.75) is 6.92 Å². The molecule has 1 heterocycles. The van der Waals surface area contributed by atoms with Crippen LogP contribution in [0.2, 0.25) is 0 Å². The Balaban J connectivity index is 2.57. The minimum Gasteiger partial charge on any atom is -0.384 e. The molecule has 0 saturated carbocycles. The van der Waals surface area contributed by atoms with E-state index in [0.717, 1.165) is 14.6 Å². The van der Waals surface area contributed by atoms with Gasteiger partial charge in [-0.15, -0.1) is 0 Å². The summed E-state index contributed by atoms with van der Waals surface area (Å²) in [7, 11) is 2.92. The minimum atomic E-state index is -0.470. The summed E-state index contributed by atoms with van der Waals surface area (Å²) in [5.74, 6) is 0.0927. The predicted molar refractivity (Wildman–Crippen MR) is 87.5 cm³/mol. The zero-order valence-electron chi connectivity index (χ0n) is 11.9. The Kier molecular flexibility index (Phi) is 4.13. The maximum absolute atomic E-state index is 12.1. The van der Waals surface area contributed by atoms with Crippen molar-refractivity contribution in [3.8, 4) is 0 Å². The van der Waals surface area contributed by atoms with Gasteiger partial charge in [-0.05, 0) is 40.5 Å². The lowest BCUT2D eigenvalue weighted by atomic mass is 10.2. The molecule has 0 amide bonds. The van der Waals surface area contributed by atoms with Crippen molar-refractivity contribution < 1.29 is 0 Å². The molecular weight excluding hydrogens is 336 g/mol. The van der Waals surface area contributed by atoms with Crippen LogP contribution in [0.3, 0.4) is 0 Å². The molecule has 0 spiro atoms. The molecule has 2 N–H and O–H groups in total. The first kappa shape index (κ1) is 15.2. The second-order valence-corrected chi connectivity index (χ2v) is 5.57. The average molecular weight is 351 g/mol. The molecule has 0 saturated heterocycles. The zero-order chi connectivity index (χ0) is 15.7. The summed E-state index contributed by atoms with van der Waals surface area (Å²) in [5, 5.41) is 0. The van der Waals surface area contributed by atoms with Crippen LogP contribution in [0.1, 0.15) is 11.1 Å². The number of nitrogens with zero attached hydrogens (tertiary/aromatic N) is 3. The lowest BCUT2D eigenvalue weighted by Crippen LogP contribution is -2.40. The number of halogens is 1. The van der Waals surface area contributed by atoms with Crippen molar-refractivity contribution in [2.24, 2.45) is 19.1 Å². The second-order valence-electron chi connectivity index (χ2n) is 4.72. The third-order valence-corrected chi connectivity index (χ3v) is 3.82. The summed E-state index contributed by atoms with van der Waals surface area (Å²) in [5.41, 5.74) is 6.85. The number of nitrogen functional groups attached to an aromatic ring is 1. The molecule has 21 heavy (non-hydrogen) atoms. The molecule has 7 heteroatoms. The van der Waals surface area contributed by atoms with Crippen LogP contribution in [0.4, 0.5) is 11.5 Å². The van der Waals surface area contributed by atoms with Gasteiger partial charge in [0.2, 0.25) is 0 Å². The first-order chi connectivity index (χ1) is 9.82. The van der Waals surface area contributed by atoms with Gasteiger partial charge in [0.1, 0.15) is 5.82 Å². The fourth-order valence-electron chi connectivity index (χ4n) is 1.86. The monoisotopic (exact) mass is 350 g/mol. The fraction of sp³-hybridized carbons (Fsp3) is 0.214. The predicted octanol–water partition coefficient (Wildman–Crippen LogP) is 1.49. The van der Waals surface area contributed by atoms with Gasteiger partial charge in [-0.3, -0.25) is 18.9 Å². The summed E-state index contributed by atoms with van der Waals surface area (Å²) in [6, 6.07) is 5.67. The number of anilines is 1. The summed E-state index contributed by atoms with van der Waals surface area (Å²) in [6.07, 6.45) is 1.38. The molecular formula is C14H15BrN4O2. The Hall–Kier alpha value is -2.15. The molecule has 2 rings (SSSR count).